The molecule has 1 rings (SSSR count). The maximum absolute atomic E-state index is 11.5. The van der Waals surface area contributed by atoms with Crippen LogP contribution in [0.15, 0.2) is 24.3 Å². The highest BCUT2D eigenvalue weighted by molar-refractivity contribution is 5.97. The first-order valence-electron chi connectivity index (χ1n) is 4.65. The predicted octanol–water partition coefficient (Wildman–Crippen LogP) is 1.52. The first kappa shape index (κ1) is 11.2. The SMILES string of the molecule is CC(C)NC(=O)c1cccc(C(=O)O)c1. The van der Waals surface area contributed by atoms with Crippen LogP contribution < -0.4 is 5.32 Å². The van der Waals surface area contributed by atoms with Gasteiger partial charge in [0.05, 0.1) is 5.56 Å². The first-order chi connectivity index (χ1) is 7.00. The zero-order chi connectivity index (χ0) is 11.4. The van der Waals surface area contributed by atoms with Crippen LogP contribution in [-0.4, -0.2) is 23.0 Å². The van der Waals surface area contributed by atoms with E-state index in [1.54, 1.807) is 12.1 Å². The molecule has 0 radical (unpaired) electrons. The molecule has 2 N–H and O–H groups in total. The lowest BCUT2D eigenvalue weighted by atomic mass is 10.1. The molecule has 80 valence electrons. The minimum absolute atomic E-state index is 0.0333. The van der Waals surface area contributed by atoms with Crippen molar-refractivity contribution in [1.29, 1.82) is 0 Å². The number of carboxylic acids is 1. The second-order valence-corrected chi connectivity index (χ2v) is 3.51. The van der Waals surface area contributed by atoms with Crippen molar-refractivity contribution in [3.63, 3.8) is 0 Å². The smallest absolute Gasteiger partial charge is 0.335 e. The number of carbonyl (C=O) groups excluding carboxylic acids is 1. The zero-order valence-corrected chi connectivity index (χ0v) is 8.65. The third kappa shape index (κ3) is 3.09. The van der Waals surface area contributed by atoms with Gasteiger partial charge in [0.2, 0.25) is 0 Å². The minimum Gasteiger partial charge on any atom is -0.478 e. The van der Waals surface area contributed by atoms with E-state index in [2.05, 4.69) is 5.32 Å². The molecule has 0 aliphatic carbocycles. The van der Waals surface area contributed by atoms with E-state index in [9.17, 15) is 9.59 Å². The number of rotatable bonds is 3. The predicted molar refractivity (Wildman–Crippen MR) is 56.0 cm³/mol. The molecule has 0 aliphatic heterocycles. The van der Waals surface area contributed by atoms with E-state index in [1.807, 2.05) is 13.8 Å². The Balaban J connectivity index is 2.90. The molecule has 0 heterocycles. The monoisotopic (exact) mass is 207 g/mol. The van der Waals surface area contributed by atoms with Crippen molar-refractivity contribution in [3.8, 4) is 0 Å². The van der Waals surface area contributed by atoms with E-state index in [4.69, 9.17) is 5.11 Å². The van der Waals surface area contributed by atoms with E-state index in [0.29, 0.717) is 5.56 Å². The van der Waals surface area contributed by atoms with E-state index < -0.39 is 5.97 Å². The quantitative estimate of drug-likeness (QED) is 0.789. The zero-order valence-electron chi connectivity index (χ0n) is 8.65. The fraction of sp³-hybridized carbons (Fsp3) is 0.273. The van der Waals surface area contributed by atoms with Crippen molar-refractivity contribution in [2.45, 2.75) is 19.9 Å². The number of aromatic carboxylic acids is 1. The maximum Gasteiger partial charge on any atom is 0.335 e. The third-order valence-corrected chi connectivity index (χ3v) is 1.79. The maximum atomic E-state index is 11.5. The Morgan fingerprint density at radius 1 is 1.27 bits per heavy atom. The fourth-order valence-corrected chi connectivity index (χ4v) is 1.14. The molecule has 1 aromatic carbocycles. The topological polar surface area (TPSA) is 66.4 Å². The van der Waals surface area contributed by atoms with Crippen molar-refractivity contribution in [2.75, 3.05) is 0 Å². The molecule has 0 fully saturated rings. The Kier molecular flexibility index (Phi) is 3.44. The van der Waals surface area contributed by atoms with Crippen molar-refractivity contribution in [3.05, 3.63) is 35.4 Å². The van der Waals surface area contributed by atoms with Gasteiger partial charge in [0.25, 0.3) is 5.91 Å². The van der Waals surface area contributed by atoms with E-state index >= 15 is 0 Å². The molecule has 1 amide bonds. The summed E-state index contributed by atoms with van der Waals surface area (Å²) in [7, 11) is 0. The molecule has 4 heteroatoms. The van der Waals surface area contributed by atoms with Crippen LogP contribution >= 0.6 is 0 Å². The summed E-state index contributed by atoms with van der Waals surface area (Å²) in [6, 6.07) is 5.99. The summed E-state index contributed by atoms with van der Waals surface area (Å²) < 4.78 is 0. The summed E-state index contributed by atoms with van der Waals surface area (Å²) in [6.07, 6.45) is 0. The average Bonchev–Trinajstić information content (AvgIpc) is 2.17. The van der Waals surface area contributed by atoms with Crippen molar-refractivity contribution < 1.29 is 14.7 Å². The van der Waals surface area contributed by atoms with Crippen molar-refractivity contribution in [1.82, 2.24) is 5.32 Å². The van der Waals surface area contributed by atoms with Gasteiger partial charge in [0.1, 0.15) is 0 Å². The standard InChI is InChI=1S/C11H13NO3/c1-7(2)12-10(13)8-4-3-5-9(6-8)11(14)15/h3-7H,1-2H3,(H,12,13)(H,14,15). The molecule has 0 spiro atoms. The molecular formula is C11H13NO3. The lowest BCUT2D eigenvalue weighted by Crippen LogP contribution is -2.30. The summed E-state index contributed by atoms with van der Waals surface area (Å²) >= 11 is 0. The van der Waals surface area contributed by atoms with Gasteiger partial charge < -0.3 is 10.4 Å². The Morgan fingerprint density at radius 2 is 1.87 bits per heavy atom. The number of amides is 1. The molecule has 4 nitrogen and oxygen atoms in total. The normalized spacial score (nSPS) is 10.1. The Labute approximate surface area is 87.9 Å². The molecule has 0 atom stereocenters. The molecule has 0 bridgehead atoms. The Hall–Kier alpha value is -1.84. The van der Waals surface area contributed by atoms with Gasteiger partial charge in [0.15, 0.2) is 0 Å². The second-order valence-electron chi connectivity index (χ2n) is 3.51. The summed E-state index contributed by atoms with van der Waals surface area (Å²) in [4.78, 5) is 22.2. The molecule has 0 aromatic heterocycles. The molecule has 1 aromatic rings. The number of hydrogen-bond acceptors (Lipinski definition) is 2. The molecular weight excluding hydrogens is 194 g/mol. The van der Waals surface area contributed by atoms with Crippen LogP contribution in [0.4, 0.5) is 0 Å². The lowest BCUT2D eigenvalue weighted by Gasteiger charge is -2.08. The van der Waals surface area contributed by atoms with Gasteiger partial charge in [0, 0.05) is 11.6 Å². The average molecular weight is 207 g/mol. The third-order valence-electron chi connectivity index (χ3n) is 1.79. The molecule has 0 saturated heterocycles. The van der Waals surface area contributed by atoms with Crippen LogP contribution in [0.1, 0.15) is 34.6 Å². The number of hydrogen-bond donors (Lipinski definition) is 2. The summed E-state index contributed by atoms with van der Waals surface area (Å²) in [6.45, 7) is 3.69. The van der Waals surface area contributed by atoms with Crippen LogP contribution in [0.5, 0.6) is 0 Å². The summed E-state index contributed by atoms with van der Waals surface area (Å²) in [5.41, 5.74) is 0.481. The van der Waals surface area contributed by atoms with Crippen LogP contribution in [-0.2, 0) is 0 Å². The highest BCUT2D eigenvalue weighted by Crippen LogP contribution is 2.05. The Morgan fingerprint density at radius 3 is 2.40 bits per heavy atom. The van der Waals surface area contributed by atoms with Crippen molar-refractivity contribution in [2.24, 2.45) is 0 Å². The van der Waals surface area contributed by atoms with Gasteiger partial charge >= 0.3 is 5.97 Å². The van der Waals surface area contributed by atoms with Gasteiger partial charge in [-0.15, -0.1) is 0 Å². The van der Waals surface area contributed by atoms with Crippen LogP contribution in [0.3, 0.4) is 0 Å². The number of carbonyl (C=O) groups is 2. The molecule has 15 heavy (non-hydrogen) atoms. The fourth-order valence-electron chi connectivity index (χ4n) is 1.14. The van der Waals surface area contributed by atoms with Crippen LogP contribution in [0, 0.1) is 0 Å². The van der Waals surface area contributed by atoms with Crippen LogP contribution in [0.25, 0.3) is 0 Å². The number of carboxylic acid groups (broad SMARTS) is 1. The molecule has 0 aliphatic rings. The second kappa shape index (κ2) is 4.59. The van der Waals surface area contributed by atoms with Gasteiger partial charge in [-0.1, -0.05) is 6.07 Å². The van der Waals surface area contributed by atoms with E-state index in [0.717, 1.165) is 0 Å². The summed E-state index contributed by atoms with van der Waals surface area (Å²) in [5, 5.41) is 11.4. The lowest BCUT2D eigenvalue weighted by molar-refractivity contribution is 0.0697. The molecule has 0 unspecified atom stereocenters. The van der Waals surface area contributed by atoms with Crippen LogP contribution in [0.2, 0.25) is 0 Å². The summed E-state index contributed by atoms with van der Waals surface area (Å²) in [5.74, 6) is -1.29. The highest BCUT2D eigenvalue weighted by Gasteiger charge is 2.09. The van der Waals surface area contributed by atoms with Gasteiger partial charge in [-0.25, -0.2) is 4.79 Å². The largest absolute Gasteiger partial charge is 0.478 e. The number of benzene rings is 1. The highest BCUT2D eigenvalue weighted by atomic mass is 16.4. The van der Waals surface area contributed by atoms with E-state index in [-0.39, 0.29) is 17.5 Å². The van der Waals surface area contributed by atoms with Gasteiger partial charge in [-0.05, 0) is 32.0 Å². The van der Waals surface area contributed by atoms with E-state index in [1.165, 1.54) is 12.1 Å². The first-order valence-corrected chi connectivity index (χ1v) is 4.65. The number of nitrogens with one attached hydrogen (secondary N) is 1. The van der Waals surface area contributed by atoms with Gasteiger partial charge in [-0.3, -0.25) is 4.79 Å². The van der Waals surface area contributed by atoms with Crippen molar-refractivity contribution >= 4 is 11.9 Å². The Bertz CT molecular complexity index is 385. The molecule has 0 saturated carbocycles. The van der Waals surface area contributed by atoms with Gasteiger partial charge in [-0.2, -0.15) is 0 Å². The minimum atomic E-state index is -1.03.